The van der Waals surface area contributed by atoms with E-state index >= 15 is 0 Å². The lowest BCUT2D eigenvalue weighted by Crippen LogP contribution is -2.33. The first-order valence-corrected chi connectivity index (χ1v) is 11.0. The van der Waals surface area contributed by atoms with Crippen LogP contribution in [-0.2, 0) is 21.2 Å². The first-order valence-electron chi connectivity index (χ1n) is 9.52. The lowest BCUT2D eigenvalue weighted by Gasteiger charge is -2.21. The van der Waals surface area contributed by atoms with E-state index in [0.717, 1.165) is 16.8 Å². The van der Waals surface area contributed by atoms with Crippen molar-refractivity contribution >= 4 is 21.6 Å². The molecule has 2 heterocycles. The minimum atomic E-state index is -3.64. The monoisotopic (exact) mass is 399 g/mol. The first-order chi connectivity index (χ1) is 13.3. The maximum Gasteiger partial charge on any atom is 0.243 e. The molecule has 2 aliphatic rings. The van der Waals surface area contributed by atoms with Crippen LogP contribution < -0.4 is 10.6 Å². The molecule has 0 aromatic heterocycles. The Hall–Kier alpha value is -2.22. The molecule has 0 spiro atoms. The number of nitrogens with zero attached hydrogens (tertiary/aromatic N) is 2. The molecule has 148 valence electrons. The summed E-state index contributed by atoms with van der Waals surface area (Å²) in [5.41, 5.74) is 9.05. The molecule has 2 aromatic rings. The number of rotatable bonds is 3. The van der Waals surface area contributed by atoms with Crippen molar-refractivity contribution in [3.8, 4) is 0 Å². The molecule has 7 heteroatoms. The lowest BCUT2D eigenvalue weighted by molar-refractivity contribution is -0.116. The Morgan fingerprint density at radius 2 is 1.82 bits per heavy atom. The number of sulfonamides is 1. The van der Waals surface area contributed by atoms with Gasteiger partial charge in [-0.15, -0.1) is 0 Å². The van der Waals surface area contributed by atoms with Gasteiger partial charge in [-0.25, -0.2) is 8.42 Å². The van der Waals surface area contributed by atoms with E-state index in [1.807, 2.05) is 37.3 Å². The quantitative estimate of drug-likeness (QED) is 0.857. The molecule has 6 nitrogen and oxygen atoms in total. The Morgan fingerprint density at radius 1 is 1.11 bits per heavy atom. The summed E-state index contributed by atoms with van der Waals surface area (Å²) in [6, 6.07) is 14.7. The standard InChI is InChI=1S/C21H25N3O3S/c1-14-10-17-11-18(8-9-21(17)24(14)15(2)25)28(26,27)23-12-19(20(22)13-23)16-6-4-3-5-7-16/h3-9,11,14,19-20H,10,12-13,22H2,1-2H3/t14?,19-,20+/m0/s1. The molecule has 1 amide bonds. The fourth-order valence-electron chi connectivity index (χ4n) is 4.44. The normalized spacial score (nSPS) is 25.1. The summed E-state index contributed by atoms with van der Waals surface area (Å²) in [6.45, 7) is 4.18. The number of hydrogen-bond acceptors (Lipinski definition) is 4. The van der Waals surface area contributed by atoms with Gasteiger partial charge in [0, 0.05) is 43.7 Å². The van der Waals surface area contributed by atoms with Crippen LogP contribution in [0, 0.1) is 0 Å². The topological polar surface area (TPSA) is 83.7 Å². The van der Waals surface area contributed by atoms with E-state index in [2.05, 4.69) is 0 Å². The summed E-state index contributed by atoms with van der Waals surface area (Å²) in [5.74, 6) is -0.0447. The van der Waals surface area contributed by atoms with Gasteiger partial charge in [0.25, 0.3) is 0 Å². The summed E-state index contributed by atoms with van der Waals surface area (Å²) < 4.78 is 28.0. The maximum absolute atomic E-state index is 13.2. The van der Waals surface area contributed by atoms with E-state index in [0.29, 0.717) is 19.5 Å². The van der Waals surface area contributed by atoms with Crippen molar-refractivity contribution in [1.29, 1.82) is 0 Å². The highest BCUT2D eigenvalue weighted by molar-refractivity contribution is 7.89. The van der Waals surface area contributed by atoms with Gasteiger partial charge in [0.15, 0.2) is 0 Å². The first kappa shape index (κ1) is 19.1. The van der Waals surface area contributed by atoms with E-state index in [1.165, 1.54) is 11.2 Å². The number of carbonyl (C=O) groups excluding carboxylic acids is 1. The summed E-state index contributed by atoms with van der Waals surface area (Å²) in [6.07, 6.45) is 0.657. The van der Waals surface area contributed by atoms with Gasteiger partial charge in [-0.3, -0.25) is 4.79 Å². The van der Waals surface area contributed by atoms with Crippen molar-refractivity contribution in [2.75, 3.05) is 18.0 Å². The Kier molecular flexibility index (Phi) is 4.77. The molecule has 0 saturated carbocycles. The number of hydrogen-bond donors (Lipinski definition) is 1. The van der Waals surface area contributed by atoms with Crippen LogP contribution in [-0.4, -0.2) is 43.8 Å². The molecule has 2 N–H and O–H groups in total. The number of nitrogens with two attached hydrogens (primary N) is 1. The molecule has 1 saturated heterocycles. The molecular formula is C21H25N3O3S. The van der Waals surface area contributed by atoms with Gasteiger partial charge in [0.2, 0.25) is 15.9 Å². The largest absolute Gasteiger partial charge is 0.326 e. The van der Waals surface area contributed by atoms with Gasteiger partial charge in [-0.05, 0) is 42.7 Å². The van der Waals surface area contributed by atoms with Gasteiger partial charge < -0.3 is 10.6 Å². The van der Waals surface area contributed by atoms with Crippen LogP contribution in [0.4, 0.5) is 5.69 Å². The SMILES string of the molecule is CC(=O)N1c2ccc(S(=O)(=O)N3C[C@@H](N)[C@H](c4ccccc4)C3)cc2CC1C. The van der Waals surface area contributed by atoms with Gasteiger partial charge in [-0.2, -0.15) is 4.31 Å². The summed E-state index contributed by atoms with van der Waals surface area (Å²) in [5, 5.41) is 0. The number of amides is 1. The lowest BCUT2D eigenvalue weighted by atomic mass is 9.95. The van der Waals surface area contributed by atoms with Crippen LogP contribution in [0.15, 0.2) is 53.4 Å². The van der Waals surface area contributed by atoms with Crippen LogP contribution in [0.3, 0.4) is 0 Å². The van der Waals surface area contributed by atoms with Gasteiger partial charge >= 0.3 is 0 Å². The van der Waals surface area contributed by atoms with Gasteiger partial charge in [0.1, 0.15) is 0 Å². The van der Waals surface area contributed by atoms with E-state index < -0.39 is 10.0 Å². The average Bonchev–Trinajstić information content (AvgIpc) is 3.21. The molecule has 1 unspecified atom stereocenters. The fourth-order valence-corrected chi connectivity index (χ4v) is 5.99. The highest BCUT2D eigenvalue weighted by Gasteiger charge is 2.39. The van der Waals surface area contributed by atoms with E-state index in [9.17, 15) is 13.2 Å². The van der Waals surface area contributed by atoms with Crippen LogP contribution in [0.5, 0.6) is 0 Å². The molecule has 4 rings (SSSR count). The zero-order valence-corrected chi connectivity index (χ0v) is 16.9. The number of anilines is 1. The highest BCUT2D eigenvalue weighted by Crippen LogP contribution is 2.36. The smallest absolute Gasteiger partial charge is 0.243 e. The minimum Gasteiger partial charge on any atom is -0.326 e. The number of benzene rings is 2. The highest BCUT2D eigenvalue weighted by atomic mass is 32.2. The van der Waals surface area contributed by atoms with Crippen molar-refractivity contribution in [2.24, 2.45) is 5.73 Å². The molecule has 0 aliphatic carbocycles. The van der Waals surface area contributed by atoms with E-state index in [-0.39, 0.29) is 28.8 Å². The summed E-state index contributed by atoms with van der Waals surface area (Å²) in [4.78, 5) is 13.9. The molecule has 28 heavy (non-hydrogen) atoms. The van der Waals surface area contributed by atoms with Crippen molar-refractivity contribution < 1.29 is 13.2 Å². The predicted molar refractivity (Wildman–Crippen MR) is 109 cm³/mol. The van der Waals surface area contributed by atoms with Crippen LogP contribution >= 0.6 is 0 Å². The molecule has 0 radical (unpaired) electrons. The summed E-state index contributed by atoms with van der Waals surface area (Å²) >= 11 is 0. The van der Waals surface area contributed by atoms with Crippen molar-refractivity contribution in [3.63, 3.8) is 0 Å². The van der Waals surface area contributed by atoms with Crippen LogP contribution in [0.1, 0.15) is 30.9 Å². The Balaban J connectivity index is 1.62. The molecular weight excluding hydrogens is 374 g/mol. The summed E-state index contributed by atoms with van der Waals surface area (Å²) in [7, 11) is -3.64. The maximum atomic E-state index is 13.2. The van der Waals surface area contributed by atoms with Crippen molar-refractivity contribution in [3.05, 3.63) is 59.7 Å². The molecule has 0 bridgehead atoms. The van der Waals surface area contributed by atoms with Crippen LogP contribution in [0.2, 0.25) is 0 Å². The third-order valence-electron chi connectivity index (χ3n) is 5.80. The second-order valence-electron chi connectivity index (χ2n) is 7.74. The van der Waals surface area contributed by atoms with Crippen LogP contribution in [0.25, 0.3) is 0 Å². The number of carbonyl (C=O) groups is 1. The Labute approximate surface area is 166 Å². The number of fused-ring (bicyclic) bond motifs is 1. The van der Waals surface area contributed by atoms with Crippen molar-refractivity contribution in [2.45, 2.75) is 43.2 Å². The van der Waals surface area contributed by atoms with E-state index in [4.69, 9.17) is 5.73 Å². The fraction of sp³-hybridized carbons (Fsp3) is 0.381. The second kappa shape index (κ2) is 6.99. The molecule has 3 atom stereocenters. The Bertz CT molecular complexity index is 1010. The van der Waals surface area contributed by atoms with Crippen molar-refractivity contribution in [1.82, 2.24) is 4.31 Å². The Morgan fingerprint density at radius 3 is 2.50 bits per heavy atom. The average molecular weight is 400 g/mol. The molecule has 1 fully saturated rings. The van der Waals surface area contributed by atoms with Gasteiger partial charge in [-0.1, -0.05) is 30.3 Å². The predicted octanol–water partition coefficient (Wildman–Crippen LogP) is 2.10. The van der Waals surface area contributed by atoms with Gasteiger partial charge in [0.05, 0.1) is 4.90 Å². The molecule has 2 aromatic carbocycles. The zero-order valence-electron chi connectivity index (χ0n) is 16.1. The second-order valence-corrected chi connectivity index (χ2v) is 9.67. The minimum absolute atomic E-state index is 0.0152. The zero-order chi connectivity index (χ0) is 20.1. The third-order valence-corrected chi connectivity index (χ3v) is 7.63. The third kappa shape index (κ3) is 3.13. The molecule has 2 aliphatic heterocycles. The van der Waals surface area contributed by atoms with E-state index in [1.54, 1.807) is 23.1 Å².